The van der Waals surface area contributed by atoms with Gasteiger partial charge in [-0.2, -0.15) is 0 Å². The lowest BCUT2D eigenvalue weighted by molar-refractivity contribution is -0.145. The number of hydrogen-bond acceptors (Lipinski definition) is 4. The van der Waals surface area contributed by atoms with Crippen molar-refractivity contribution in [3.05, 3.63) is 0 Å². The molecule has 0 heterocycles. The van der Waals surface area contributed by atoms with Crippen molar-refractivity contribution >= 4 is 23.9 Å². The van der Waals surface area contributed by atoms with Crippen LogP contribution in [-0.4, -0.2) is 58.1 Å². The zero-order valence-electron chi connectivity index (χ0n) is 11.3. The quantitative estimate of drug-likeness (QED) is 0.453. The average Bonchev–Trinajstić information content (AvgIpc) is 2.24. The van der Waals surface area contributed by atoms with Crippen LogP contribution >= 0.6 is 0 Å². The summed E-state index contributed by atoms with van der Waals surface area (Å²) in [5, 5.41) is 19.5. The molecule has 0 saturated heterocycles. The van der Waals surface area contributed by atoms with Crippen LogP contribution in [0.5, 0.6) is 0 Å². The van der Waals surface area contributed by atoms with Gasteiger partial charge in [-0.3, -0.25) is 9.59 Å². The molecule has 0 aromatic carbocycles. The van der Waals surface area contributed by atoms with Crippen LogP contribution in [0.2, 0.25) is 0 Å². The molecule has 5 N–H and O–H groups in total. The summed E-state index contributed by atoms with van der Waals surface area (Å²) in [5.41, 5.74) is 5.01. The van der Waals surface area contributed by atoms with E-state index in [2.05, 4.69) is 5.32 Å². The van der Waals surface area contributed by atoms with Crippen molar-refractivity contribution in [1.29, 1.82) is 0 Å². The molecule has 0 aliphatic carbocycles. The molecule has 0 aliphatic rings. The van der Waals surface area contributed by atoms with Gasteiger partial charge in [-0.25, -0.2) is 9.59 Å². The van der Waals surface area contributed by atoms with Crippen LogP contribution in [-0.2, 0) is 14.4 Å². The molecule has 0 aromatic rings. The van der Waals surface area contributed by atoms with Crippen molar-refractivity contribution in [2.45, 2.75) is 26.3 Å². The fourth-order valence-electron chi connectivity index (χ4n) is 1.46. The number of carbonyl (C=O) groups is 4. The van der Waals surface area contributed by atoms with Crippen molar-refractivity contribution in [2.75, 3.05) is 13.1 Å². The maximum Gasteiger partial charge on any atom is 0.326 e. The van der Waals surface area contributed by atoms with Gasteiger partial charge in [0.05, 0.1) is 6.42 Å². The van der Waals surface area contributed by atoms with Crippen molar-refractivity contribution < 1.29 is 29.4 Å². The smallest absolute Gasteiger partial charge is 0.326 e. The molecule has 0 unspecified atom stereocenters. The highest BCUT2D eigenvalue weighted by molar-refractivity contribution is 5.88. The molecule has 114 valence electrons. The predicted molar refractivity (Wildman–Crippen MR) is 67.8 cm³/mol. The Labute approximate surface area is 115 Å². The van der Waals surface area contributed by atoms with Crippen LogP contribution in [0, 0.1) is 5.92 Å². The zero-order valence-corrected chi connectivity index (χ0v) is 11.3. The van der Waals surface area contributed by atoms with E-state index >= 15 is 0 Å². The highest BCUT2D eigenvalue weighted by Gasteiger charge is 2.26. The van der Waals surface area contributed by atoms with Crippen LogP contribution in [0.25, 0.3) is 0 Å². The largest absolute Gasteiger partial charge is 0.481 e. The van der Waals surface area contributed by atoms with Crippen molar-refractivity contribution in [3.63, 3.8) is 0 Å². The Hall–Kier alpha value is -2.32. The fraction of sp³-hybridized carbons (Fsp3) is 0.636. The Morgan fingerprint density at radius 2 is 1.75 bits per heavy atom. The summed E-state index contributed by atoms with van der Waals surface area (Å²) in [6, 6.07) is -2.41. The summed E-state index contributed by atoms with van der Waals surface area (Å²) in [6.07, 6.45) is -0.757. The van der Waals surface area contributed by atoms with Gasteiger partial charge >= 0.3 is 18.0 Å². The van der Waals surface area contributed by atoms with Crippen LogP contribution in [0.1, 0.15) is 20.3 Å². The lowest BCUT2D eigenvalue weighted by Crippen LogP contribution is -2.51. The number of nitrogens with two attached hydrogens (primary N) is 1. The topological polar surface area (TPSA) is 150 Å². The molecule has 0 bridgehead atoms. The minimum absolute atomic E-state index is 0.0304. The first-order valence-corrected chi connectivity index (χ1v) is 5.91. The van der Waals surface area contributed by atoms with E-state index in [0.29, 0.717) is 0 Å². The third kappa shape index (κ3) is 7.19. The molecular formula is C11H19N3O6. The number of aliphatic carboxylic acids is 2. The first-order chi connectivity index (χ1) is 9.13. The van der Waals surface area contributed by atoms with Gasteiger partial charge in [-0.1, -0.05) is 13.8 Å². The second-order valence-corrected chi connectivity index (χ2v) is 4.68. The van der Waals surface area contributed by atoms with Crippen LogP contribution in [0.3, 0.4) is 0 Å². The van der Waals surface area contributed by atoms with Crippen molar-refractivity contribution in [2.24, 2.45) is 11.7 Å². The third-order valence-electron chi connectivity index (χ3n) is 2.19. The number of carboxylic acid groups (broad SMARTS) is 2. The monoisotopic (exact) mass is 289 g/mol. The van der Waals surface area contributed by atoms with Crippen molar-refractivity contribution in [1.82, 2.24) is 10.2 Å². The number of primary amides is 1. The number of rotatable bonds is 8. The van der Waals surface area contributed by atoms with Crippen LogP contribution in [0.15, 0.2) is 0 Å². The molecule has 0 rings (SSSR count). The Morgan fingerprint density at radius 3 is 2.10 bits per heavy atom. The Balaban J connectivity index is 4.81. The van der Waals surface area contributed by atoms with Gasteiger partial charge in [-0.05, 0) is 5.92 Å². The SMILES string of the molecule is CC(C)CN(CC(N)=O)C(=O)N[C@H](CC(=O)O)C(=O)O. The van der Waals surface area contributed by atoms with E-state index in [9.17, 15) is 19.2 Å². The minimum Gasteiger partial charge on any atom is -0.481 e. The molecule has 0 aliphatic heterocycles. The van der Waals surface area contributed by atoms with E-state index < -0.39 is 36.3 Å². The van der Waals surface area contributed by atoms with E-state index in [4.69, 9.17) is 15.9 Å². The summed E-state index contributed by atoms with van der Waals surface area (Å²) in [7, 11) is 0. The molecule has 1 atom stereocenters. The molecule has 0 fully saturated rings. The van der Waals surface area contributed by atoms with Crippen LogP contribution < -0.4 is 11.1 Å². The molecular weight excluding hydrogens is 270 g/mol. The number of hydrogen-bond donors (Lipinski definition) is 4. The van der Waals surface area contributed by atoms with Crippen LogP contribution in [0.4, 0.5) is 4.79 Å². The standard InChI is InChI=1S/C11H19N3O6/c1-6(2)4-14(5-8(12)15)11(20)13-7(10(18)19)3-9(16)17/h6-7H,3-5H2,1-2H3,(H2,12,15)(H,13,20)(H,16,17)(H,18,19)/t7-/m1/s1. The van der Waals surface area contributed by atoms with E-state index in [0.717, 1.165) is 4.90 Å². The highest BCUT2D eigenvalue weighted by Crippen LogP contribution is 2.01. The first-order valence-electron chi connectivity index (χ1n) is 5.91. The number of amides is 3. The third-order valence-corrected chi connectivity index (χ3v) is 2.19. The van der Waals surface area contributed by atoms with Gasteiger partial charge < -0.3 is 26.2 Å². The average molecular weight is 289 g/mol. The molecule has 20 heavy (non-hydrogen) atoms. The number of nitrogens with one attached hydrogen (secondary N) is 1. The fourth-order valence-corrected chi connectivity index (χ4v) is 1.46. The van der Waals surface area contributed by atoms with Gasteiger partial charge in [0, 0.05) is 6.54 Å². The van der Waals surface area contributed by atoms with Gasteiger partial charge in [0.1, 0.15) is 12.6 Å². The molecule has 0 spiro atoms. The lowest BCUT2D eigenvalue weighted by atomic mass is 10.2. The molecule has 9 heteroatoms. The second kappa shape index (κ2) is 7.97. The summed E-state index contributed by atoms with van der Waals surface area (Å²) in [4.78, 5) is 45.2. The zero-order chi connectivity index (χ0) is 15.9. The normalized spacial score (nSPS) is 11.8. The molecule has 3 amide bonds. The minimum atomic E-state index is -1.57. The highest BCUT2D eigenvalue weighted by atomic mass is 16.4. The van der Waals surface area contributed by atoms with Gasteiger partial charge in [0.25, 0.3) is 0 Å². The number of urea groups is 1. The van der Waals surface area contributed by atoms with E-state index in [1.54, 1.807) is 13.8 Å². The number of carboxylic acids is 2. The summed E-state index contributed by atoms with van der Waals surface area (Å²) < 4.78 is 0. The predicted octanol–water partition coefficient (Wildman–Crippen LogP) is -0.933. The molecule has 0 radical (unpaired) electrons. The maximum atomic E-state index is 11.9. The molecule has 0 aromatic heterocycles. The van der Waals surface area contributed by atoms with Gasteiger partial charge in [0.15, 0.2) is 0 Å². The van der Waals surface area contributed by atoms with Crippen molar-refractivity contribution in [3.8, 4) is 0 Å². The van der Waals surface area contributed by atoms with Gasteiger partial charge in [0.2, 0.25) is 5.91 Å². The van der Waals surface area contributed by atoms with Gasteiger partial charge in [-0.15, -0.1) is 0 Å². The summed E-state index contributed by atoms with van der Waals surface area (Å²) in [6.45, 7) is 3.41. The Kier molecular flexibility index (Phi) is 7.05. The molecule has 0 saturated carbocycles. The maximum absolute atomic E-state index is 11.9. The lowest BCUT2D eigenvalue weighted by Gasteiger charge is -2.25. The first kappa shape index (κ1) is 17.7. The number of carbonyl (C=O) groups excluding carboxylic acids is 2. The summed E-state index contributed by atoms with van der Waals surface area (Å²) in [5.74, 6) is -3.54. The van der Waals surface area contributed by atoms with E-state index in [1.807, 2.05) is 0 Å². The summed E-state index contributed by atoms with van der Waals surface area (Å²) >= 11 is 0. The number of nitrogens with zero attached hydrogens (tertiary/aromatic N) is 1. The second-order valence-electron chi connectivity index (χ2n) is 4.68. The van der Waals surface area contributed by atoms with E-state index in [-0.39, 0.29) is 19.0 Å². The van der Waals surface area contributed by atoms with E-state index in [1.165, 1.54) is 0 Å². The Bertz CT molecular complexity index is 396. The Morgan fingerprint density at radius 1 is 1.20 bits per heavy atom. The molecule has 9 nitrogen and oxygen atoms in total.